The Hall–Kier alpha value is -2.33. The van der Waals surface area contributed by atoms with Gasteiger partial charge >= 0.3 is 5.97 Å². The smallest absolute Gasteiger partial charge is 0.330 e. The summed E-state index contributed by atoms with van der Waals surface area (Å²) in [5.41, 5.74) is 1.11. The fourth-order valence-corrected chi connectivity index (χ4v) is 2.13. The van der Waals surface area contributed by atoms with Crippen LogP contribution < -0.4 is 5.32 Å². The molecule has 2 aromatic rings. The third-order valence-electron chi connectivity index (χ3n) is 2.99. The third kappa shape index (κ3) is 3.83. The molecule has 2 N–H and O–H groups in total. The van der Waals surface area contributed by atoms with Gasteiger partial charge in [-0.1, -0.05) is 60.7 Å². The number of carboxylic acid groups (broad SMARTS) is 1. The fraction of sp³-hybridized carbons (Fsp3) is 0.125. The van der Waals surface area contributed by atoms with Crippen LogP contribution in [0.5, 0.6) is 0 Å². The maximum atomic E-state index is 12.1. The number of halogens is 1. The predicted molar refractivity (Wildman–Crippen MR) is 80.0 cm³/mol. The van der Waals surface area contributed by atoms with E-state index in [1.54, 1.807) is 54.6 Å². The van der Waals surface area contributed by atoms with Crippen LogP contribution in [0.2, 0.25) is 0 Å². The molecular formula is C16H14ClNO3. The normalized spacial score (nSPS) is 13.2. The van der Waals surface area contributed by atoms with Gasteiger partial charge in [-0.25, -0.2) is 4.79 Å². The summed E-state index contributed by atoms with van der Waals surface area (Å²) in [6, 6.07) is 16.2. The number of benzene rings is 2. The maximum absolute atomic E-state index is 12.1. The number of carboxylic acids is 1. The minimum absolute atomic E-state index is 0.496. The van der Waals surface area contributed by atoms with Crippen LogP contribution in [0.15, 0.2) is 60.7 Å². The molecule has 0 bridgehead atoms. The van der Waals surface area contributed by atoms with Gasteiger partial charge in [-0.3, -0.25) is 4.79 Å². The quantitative estimate of drug-likeness (QED) is 0.835. The van der Waals surface area contributed by atoms with E-state index < -0.39 is 23.3 Å². The number of carbonyl (C=O) groups is 2. The van der Waals surface area contributed by atoms with Crippen LogP contribution in [-0.4, -0.2) is 17.0 Å². The number of nitrogens with one attached hydrogen (secondary N) is 1. The Morgan fingerprint density at radius 3 is 1.86 bits per heavy atom. The summed E-state index contributed by atoms with van der Waals surface area (Å²) >= 11 is 6.09. The minimum atomic E-state index is -1.13. The van der Waals surface area contributed by atoms with Crippen molar-refractivity contribution in [2.45, 2.75) is 11.4 Å². The van der Waals surface area contributed by atoms with Gasteiger partial charge in [-0.2, -0.15) is 0 Å². The van der Waals surface area contributed by atoms with Crippen LogP contribution in [0, 0.1) is 0 Å². The molecule has 0 spiro atoms. The zero-order chi connectivity index (χ0) is 15.2. The summed E-state index contributed by atoms with van der Waals surface area (Å²) in [5, 5.41) is 10.8. The first-order valence-electron chi connectivity index (χ1n) is 6.36. The summed E-state index contributed by atoms with van der Waals surface area (Å²) in [4.78, 5) is 23.5. The van der Waals surface area contributed by atoms with Crippen molar-refractivity contribution in [3.63, 3.8) is 0 Å². The molecule has 0 aliphatic carbocycles. The van der Waals surface area contributed by atoms with Crippen LogP contribution in [0.25, 0.3) is 0 Å². The molecule has 0 saturated carbocycles. The Balaban J connectivity index is 2.14. The molecule has 1 amide bonds. The zero-order valence-electron chi connectivity index (χ0n) is 11.1. The van der Waals surface area contributed by atoms with Crippen molar-refractivity contribution in [2.75, 3.05) is 0 Å². The maximum Gasteiger partial charge on any atom is 0.330 e. The lowest BCUT2D eigenvalue weighted by Crippen LogP contribution is -2.35. The Morgan fingerprint density at radius 1 is 0.905 bits per heavy atom. The van der Waals surface area contributed by atoms with Crippen molar-refractivity contribution in [3.8, 4) is 0 Å². The first-order valence-corrected chi connectivity index (χ1v) is 6.80. The monoisotopic (exact) mass is 303 g/mol. The van der Waals surface area contributed by atoms with E-state index in [4.69, 9.17) is 11.6 Å². The molecule has 2 atom stereocenters. The molecule has 0 aliphatic heterocycles. The lowest BCUT2D eigenvalue weighted by atomic mass is 10.1. The number of rotatable bonds is 5. The molecule has 0 heterocycles. The van der Waals surface area contributed by atoms with Crippen molar-refractivity contribution in [1.82, 2.24) is 5.32 Å². The largest absolute Gasteiger partial charge is 0.479 e. The number of hydrogen-bond donors (Lipinski definition) is 2. The second-order valence-corrected chi connectivity index (χ2v) is 4.90. The van der Waals surface area contributed by atoms with Gasteiger partial charge < -0.3 is 10.4 Å². The van der Waals surface area contributed by atoms with Gasteiger partial charge in [0.15, 0.2) is 6.04 Å². The highest BCUT2D eigenvalue weighted by Crippen LogP contribution is 2.22. The summed E-state index contributed by atoms with van der Waals surface area (Å²) in [6.45, 7) is 0. The molecule has 0 radical (unpaired) electrons. The lowest BCUT2D eigenvalue weighted by molar-refractivity contribution is -0.142. The van der Waals surface area contributed by atoms with E-state index in [-0.39, 0.29) is 0 Å². The molecule has 5 heteroatoms. The number of amides is 1. The van der Waals surface area contributed by atoms with Gasteiger partial charge in [0.05, 0.1) is 0 Å². The number of alkyl halides is 1. The van der Waals surface area contributed by atoms with Gasteiger partial charge in [0.25, 0.3) is 0 Å². The molecule has 2 aromatic carbocycles. The average molecular weight is 304 g/mol. The molecule has 0 aliphatic rings. The standard InChI is InChI=1S/C16H14ClNO3/c17-13(11-7-3-1-4-8-11)15(19)18-14(16(20)21)12-9-5-2-6-10-12/h1-10,13-14H,(H,18,19)(H,20,21)/t13-,14+/m0/s1. The van der Waals surface area contributed by atoms with Gasteiger partial charge in [-0.05, 0) is 11.1 Å². The highest BCUT2D eigenvalue weighted by Gasteiger charge is 2.26. The van der Waals surface area contributed by atoms with Gasteiger partial charge in [0.2, 0.25) is 5.91 Å². The summed E-state index contributed by atoms with van der Waals surface area (Å²) < 4.78 is 0. The van der Waals surface area contributed by atoms with Crippen LogP contribution in [0.1, 0.15) is 22.5 Å². The van der Waals surface area contributed by atoms with E-state index in [1.165, 1.54) is 0 Å². The lowest BCUT2D eigenvalue weighted by Gasteiger charge is -2.17. The summed E-state index contributed by atoms with van der Waals surface area (Å²) in [6.07, 6.45) is 0. The van der Waals surface area contributed by atoms with Crippen LogP contribution in [0.4, 0.5) is 0 Å². The van der Waals surface area contributed by atoms with Crippen molar-refractivity contribution in [3.05, 3.63) is 71.8 Å². The second kappa shape index (κ2) is 6.90. The third-order valence-corrected chi connectivity index (χ3v) is 3.44. The zero-order valence-corrected chi connectivity index (χ0v) is 11.8. The van der Waals surface area contributed by atoms with Crippen molar-refractivity contribution < 1.29 is 14.7 Å². The van der Waals surface area contributed by atoms with Crippen molar-refractivity contribution in [2.24, 2.45) is 0 Å². The number of carbonyl (C=O) groups excluding carboxylic acids is 1. The van der Waals surface area contributed by atoms with Crippen molar-refractivity contribution in [1.29, 1.82) is 0 Å². The van der Waals surface area contributed by atoms with E-state index in [1.807, 2.05) is 6.07 Å². The molecule has 4 nitrogen and oxygen atoms in total. The molecule has 108 valence electrons. The summed E-state index contributed by atoms with van der Waals surface area (Å²) in [5.74, 6) is -1.68. The minimum Gasteiger partial charge on any atom is -0.479 e. The van der Waals surface area contributed by atoms with Gasteiger partial charge in [-0.15, -0.1) is 11.6 Å². The first-order chi connectivity index (χ1) is 10.1. The molecule has 0 aromatic heterocycles. The predicted octanol–water partition coefficient (Wildman–Crippen LogP) is 2.91. The molecule has 0 saturated heterocycles. The second-order valence-electron chi connectivity index (χ2n) is 4.46. The van der Waals surface area contributed by atoms with E-state index >= 15 is 0 Å². The SMILES string of the molecule is O=C(N[C@@H](C(=O)O)c1ccccc1)[C@@H](Cl)c1ccccc1. The van der Waals surface area contributed by atoms with Gasteiger partial charge in [0.1, 0.15) is 5.38 Å². The Kier molecular flexibility index (Phi) is 4.95. The Bertz CT molecular complexity index is 616. The van der Waals surface area contributed by atoms with E-state index in [0.717, 1.165) is 0 Å². The van der Waals surface area contributed by atoms with Crippen LogP contribution in [-0.2, 0) is 9.59 Å². The number of aliphatic carboxylic acids is 1. The molecular weight excluding hydrogens is 290 g/mol. The highest BCUT2D eigenvalue weighted by molar-refractivity contribution is 6.30. The van der Waals surface area contributed by atoms with Crippen molar-refractivity contribution >= 4 is 23.5 Å². The first kappa shape index (κ1) is 15.1. The topological polar surface area (TPSA) is 66.4 Å². The molecule has 2 rings (SSSR count). The van der Waals surface area contributed by atoms with Crippen LogP contribution in [0.3, 0.4) is 0 Å². The average Bonchev–Trinajstić information content (AvgIpc) is 2.53. The van der Waals surface area contributed by atoms with E-state index in [9.17, 15) is 14.7 Å². The molecule has 0 fully saturated rings. The van der Waals surface area contributed by atoms with E-state index in [2.05, 4.69) is 5.32 Å². The Morgan fingerprint density at radius 2 is 1.38 bits per heavy atom. The Labute approximate surface area is 127 Å². The molecule has 0 unspecified atom stereocenters. The fourth-order valence-electron chi connectivity index (χ4n) is 1.92. The highest BCUT2D eigenvalue weighted by atomic mass is 35.5. The number of hydrogen-bond acceptors (Lipinski definition) is 2. The molecule has 21 heavy (non-hydrogen) atoms. The summed E-state index contributed by atoms with van der Waals surface area (Å²) in [7, 11) is 0. The van der Waals surface area contributed by atoms with E-state index in [0.29, 0.717) is 11.1 Å². The van der Waals surface area contributed by atoms with Gasteiger partial charge in [0, 0.05) is 0 Å². The van der Waals surface area contributed by atoms with Crippen LogP contribution >= 0.6 is 11.6 Å².